The zero-order valence-corrected chi connectivity index (χ0v) is 24.6. The third kappa shape index (κ3) is 7.64. The van der Waals surface area contributed by atoms with Crippen LogP contribution in [-0.2, 0) is 25.2 Å². The molecule has 11 nitrogen and oxygen atoms in total. The van der Waals surface area contributed by atoms with Gasteiger partial charge in [0.25, 0.3) is 0 Å². The second kappa shape index (κ2) is 13.9. The minimum Gasteiger partial charge on any atom is -0.484 e. The van der Waals surface area contributed by atoms with Gasteiger partial charge in [-0.3, -0.25) is 4.79 Å². The molecular weight excluding hydrogens is 572 g/mol. The Bertz CT molecular complexity index is 1500. The Balaban J connectivity index is 1.48. The first kappa shape index (κ1) is 30.5. The molecule has 1 aliphatic heterocycles. The number of ether oxygens (including phenoxy) is 3. The standard InChI is InChI=1S/C28H33ClN4O7S/c1-3-38-16-17-40-26-25(19-30-33(27(26)34)24-7-5-6-23(29)18-24)31-12-14-32(15-13-31)41(36,37)20-21-8-10-22(11-9-21)28(35)39-4-2/h5-11,18-19H,3-4,12-17,20H2,1-2H3. The molecule has 1 aromatic heterocycles. The number of nitrogens with zero attached hydrogens (tertiary/aromatic N) is 4. The molecule has 220 valence electrons. The normalized spacial score (nSPS) is 14.2. The van der Waals surface area contributed by atoms with Gasteiger partial charge in [-0.25, -0.2) is 13.2 Å². The van der Waals surface area contributed by atoms with Crippen LogP contribution in [0.1, 0.15) is 29.8 Å². The van der Waals surface area contributed by atoms with Crippen molar-refractivity contribution >= 4 is 33.3 Å². The van der Waals surface area contributed by atoms with Crippen molar-refractivity contribution in [2.45, 2.75) is 19.6 Å². The van der Waals surface area contributed by atoms with Crippen LogP contribution in [0.25, 0.3) is 5.69 Å². The monoisotopic (exact) mass is 604 g/mol. The van der Waals surface area contributed by atoms with Crippen LogP contribution in [0.15, 0.2) is 59.5 Å². The lowest BCUT2D eigenvalue weighted by Gasteiger charge is -2.35. The number of hydrogen-bond donors (Lipinski definition) is 0. The Kier molecular flexibility index (Phi) is 10.4. The molecule has 0 atom stereocenters. The lowest BCUT2D eigenvalue weighted by atomic mass is 10.1. The van der Waals surface area contributed by atoms with E-state index in [4.69, 9.17) is 25.8 Å². The molecule has 1 saturated heterocycles. The van der Waals surface area contributed by atoms with Gasteiger partial charge in [0, 0.05) is 37.8 Å². The second-order valence-electron chi connectivity index (χ2n) is 9.16. The van der Waals surface area contributed by atoms with Crippen LogP contribution in [0.5, 0.6) is 5.75 Å². The predicted octanol–water partition coefficient (Wildman–Crippen LogP) is 3.13. The SMILES string of the molecule is CCOCCOc1c(N2CCN(S(=O)(=O)Cc3ccc(C(=O)OCC)cc3)CC2)cnn(-c2cccc(Cl)c2)c1=O. The van der Waals surface area contributed by atoms with Crippen LogP contribution in [0.4, 0.5) is 5.69 Å². The molecule has 3 aromatic rings. The third-order valence-electron chi connectivity index (χ3n) is 6.43. The summed E-state index contributed by atoms with van der Waals surface area (Å²) in [6, 6.07) is 13.1. The van der Waals surface area contributed by atoms with Gasteiger partial charge in [0.05, 0.1) is 36.4 Å². The van der Waals surface area contributed by atoms with E-state index in [0.29, 0.717) is 53.8 Å². The van der Waals surface area contributed by atoms with E-state index >= 15 is 0 Å². The van der Waals surface area contributed by atoms with Crippen molar-refractivity contribution in [3.8, 4) is 11.4 Å². The fourth-order valence-electron chi connectivity index (χ4n) is 4.39. The van der Waals surface area contributed by atoms with Crippen molar-refractivity contribution in [1.82, 2.24) is 14.1 Å². The van der Waals surface area contributed by atoms with Crippen molar-refractivity contribution in [2.24, 2.45) is 0 Å². The molecule has 2 aromatic carbocycles. The molecule has 0 saturated carbocycles. The first-order valence-electron chi connectivity index (χ1n) is 13.3. The van der Waals surface area contributed by atoms with Gasteiger partial charge >= 0.3 is 11.5 Å². The Morgan fingerprint density at radius 1 is 1.00 bits per heavy atom. The molecule has 0 spiro atoms. The molecule has 1 aliphatic rings. The number of halogens is 1. The fourth-order valence-corrected chi connectivity index (χ4v) is 6.09. The highest BCUT2D eigenvalue weighted by atomic mass is 35.5. The van der Waals surface area contributed by atoms with E-state index in [9.17, 15) is 18.0 Å². The molecule has 0 amide bonds. The molecular formula is C28H33ClN4O7S. The van der Waals surface area contributed by atoms with Gasteiger partial charge in [0.1, 0.15) is 12.3 Å². The maximum atomic E-state index is 13.5. The Labute approximate surface area is 244 Å². The van der Waals surface area contributed by atoms with Crippen LogP contribution in [0.2, 0.25) is 5.02 Å². The summed E-state index contributed by atoms with van der Waals surface area (Å²) in [5.41, 5.74) is 1.46. The maximum Gasteiger partial charge on any atom is 0.338 e. The van der Waals surface area contributed by atoms with E-state index in [0.717, 1.165) is 0 Å². The van der Waals surface area contributed by atoms with Gasteiger partial charge in [-0.1, -0.05) is 29.8 Å². The van der Waals surface area contributed by atoms with Crippen LogP contribution < -0.4 is 15.2 Å². The summed E-state index contributed by atoms with van der Waals surface area (Å²) in [5, 5.41) is 4.82. The highest BCUT2D eigenvalue weighted by Gasteiger charge is 2.29. The molecule has 0 radical (unpaired) electrons. The van der Waals surface area contributed by atoms with Gasteiger partial charge in [0.2, 0.25) is 15.8 Å². The molecule has 0 N–H and O–H groups in total. The van der Waals surface area contributed by atoms with Crippen molar-refractivity contribution in [3.05, 3.63) is 81.2 Å². The smallest absolute Gasteiger partial charge is 0.338 e. The summed E-state index contributed by atoms with van der Waals surface area (Å²) in [7, 11) is -3.62. The summed E-state index contributed by atoms with van der Waals surface area (Å²) >= 11 is 6.12. The summed E-state index contributed by atoms with van der Waals surface area (Å²) in [6.07, 6.45) is 1.55. The molecule has 1 fully saturated rings. The minimum atomic E-state index is -3.62. The summed E-state index contributed by atoms with van der Waals surface area (Å²) in [5.74, 6) is -0.536. The predicted molar refractivity (Wildman–Crippen MR) is 156 cm³/mol. The Morgan fingerprint density at radius 3 is 2.39 bits per heavy atom. The first-order valence-corrected chi connectivity index (χ1v) is 15.3. The second-order valence-corrected chi connectivity index (χ2v) is 11.6. The minimum absolute atomic E-state index is 0.109. The van der Waals surface area contributed by atoms with Crippen LogP contribution in [-0.4, -0.2) is 81.1 Å². The number of hydrogen-bond acceptors (Lipinski definition) is 9. The zero-order valence-electron chi connectivity index (χ0n) is 23.0. The van der Waals surface area contributed by atoms with E-state index in [2.05, 4.69) is 5.10 Å². The van der Waals surface area contributed by atoms with Gasteiger partial charge in [0.15, 0.2) is 0 Å². The molecule has 0 unspecified atom stereocenters. The maximum absolute atomic E-state index is 13.5. The van der Waals surface area contributed by atoms with Gasteiger partial charge < -0.3 is 19.1 Å². The number of esters is 1. The average Bonchev–Trinajstić information content (AvgIpc) is 2.96. The van der Waals surface area contributed by atoms with Crippen molar-refractivity contribution in [2.75, 3.05) is 57.5 Å². The molecule has 41 heavy (non-hydrogen) atoms. The third-order valence-corrected chi connectivity index (χ3v) is 8.52. The lowest BCUT2D eigenvalue weighted by Crippen LogP contribution is -2.49. The zero-order chi connectivity index (χ0) is 29.4. The summed E-state index contributed by atoms with van der Waals surface area (Å²) in [6.45, 7) is 5.97. The van der Waals surface area contributed by atoms with Crippen molar-refractivity contribution in [1.29, 1.82) is 0 Å². The summed E-state index contributed by atoms with van der Waals surface area (Å²) in [4.78, 5) is 27.2. The number of carbonyl (C=O) groups is 1. The fraction of sp³-hybridized carbons (Fsp3) is 0.393. The molecule has 0 aliphatic carbocycles. The van der Waals surface area contributed by atoms with E-state index in [1.807, 2.05) is 11.8 Å². The van der Waals surface area contributed by atoms with E-state index in [1.165, 1.54) is 8.99 Å². The van der Waals surface area contributed by atoms with Gasteiger partial charge in [-0.2, -0.15) is 14.1 Å². The number of sulfonamides is 1. The van der Waals surface area contributed by atoms with Crippen LogP contribution in [0.3, 0.4) is 0 Å². The van der Waals surface area contributed by atoms with E-state index in [-0.39, 0.29) is 37.8 Å². The largest absolute Gasteiger partial charge is 0.484 e. The highest BCUT2D eigenvalue weighted by Crippen LogP contribution is 2.27. The highest BCUT2D eigenvalue weighted by molar-refractivity contribution is 7.88. The number of piperazine rings is 1. The van der Waals surface area contributed by atoms with Gasteiger partial charge in [-0.05, 0) is 49.7 Å². The van der Waals surface area contributed by atoms with Gasteiger partial charge in [-0.15, -0.1) is 0 Å². The molecule has 4 rings (SSSR count). The quantitative estimate of drug-likeness (QED) is 0.227. The van der Waals surface area contributed by atoms with E-state index in [1.54, 1.807) is 61.7 Å². The van der Waals surface area contributed by atoms with Crippen molar-refractivity contribution < 1.29 is 27.4 Å². The van der Waals surface area contributed by atoms with E-state index < -0.39 is 21.6 Å². The number of benzene rings is 2. The summed E-state index contributed by atoms with van der Waals surface area (Å²) < 4.78 is 45.2. The number of anilines is 1. The Morgan fingerprint density at radius 2 is 1.73 bits per heavy atom. The molecule has 2 heterocycles. The van der Waals surface area contributed by atoms with Crippen molar-refractivity contribution in [3.63, 3.8) is 0 Å². The topological polar surface area (TPSA) is 120 Å². The number of carbonyl (C=O) groups excluding carboxylic acids is 1. The first-order chi connectivity index (χ1) is 19.7. The number of rotatable bonds is 12. The van der Waals surface area contributed by atoms with Crippen LogP contribution >= 0.6 is 11.6 Å². The Hall–Kier alpha value is -3.45. The molecule has 0 bridgehead atoms. The average molecular weight is 605 g/mol. The van der Waals surface area contributed by atoms with Crippen LogP contribution in [0, 0.1) is 0 Å². The molecule has 13 heteroatoms. The number of aromatic nitrogens is 2. The lowest BCUT2D eigenvalue weighted by molar-refractivity contribution is 0.0526.